The first-order valence-electron chi connectivity index (χ1n) is 12.6. The summed E-state index contributed by atoms with van der Waals surface area (Å²) in [6.07, 6.45) is 25.3. The van der Waals surface area contributed by atoms with Crippen LogP contribution in [0.5, 0.6) is 0 Å². The van der Waals surface area contributed by atoms with Crippen molar-refractivity contribution >= 4 is 10.4 Å². The number of nitrogens with two attached hydrogens (primary N) is 1. The highest BCUT2D eigenvalue weighted by atomic mass is 32.3. The number of allylic oxidation sites excluding steroid dienone is 2. The second-order valence-corrected chi connectivity index (χ2v) is 9.47. The lowest BCUT2D eigenvalue weighted by atomic mass is 10.1. The minimum atomic E-state index is -4.41. The average Bonchev–Trinajstić information content (AvgIpc) is 2.76. The van der Waals surface area contributed by atoms with Gasteiger partial charge >= 0.3 is 0 Å². The highest BCUT2D eigenvalue weighted by Crippen LogP contribution is 2.09. The van der Waals surface area contributed by atoms with Gasteiger partial charge in [0.1, 0.15) is 0 Å². The van der Waals surface area contributed by atoms with Gasteiger partial charge in [-0.25, -0.2) is 8.42 Å². The maximum absolute atomic E-state index is 9.22. The first-order chi connectivity index (χ1) is 15.4. The number of aliphatic hydroxyl groups is 2. The van der Waals surface area contributed by atoms with Gasteiger partial charge in [-0.3, -0.25) is 4.18 Å². The Hall–Kier alpha value is -0.510. The summed E-state index contributed by atoms with van der Waals surface area (Å²) >= 11 is 0. The molecular weight excluding hydrogens is 430 g/mol. The van der Waals surface area contributed by atoms with Crippen molar-refractivity contribution in [2.75, 3.05) is 26.9 Å². The summed E-state index contributed by atoms with van der Waals surface area (Å²) in [6, 6.07) is 0.396. The Balaban J connectivity index is 0. The average molecular weight is 482 g/mol. The van der Waals surface area contributed by atoms with Crippen LogP contribution >= 0.6 is 0 Å². The van der Waals surface area contributed by atoms with Crippen LogP contribution in [0.15, 0.2) is 12.2 Å². The van der Waals surface area contributed by atoms with Crippen LogP contribution in [0, 0.1) is 0 Å². The van der Waals surface area contributed by atoms with Gasteiger partial charge in [-0.15, -0.1) is 0 Å². The summed E-state index contributed by atoms with van der Waals surface area (Å²) in [6.45, 7) is 3.87. The molecule has 8 heteroatoms. The molecule has 0 spiro atoms. The maximum Gasteiger partial charge on any atom is 0.217 e. The van der Waals surface area contributed by atoms with Crippen LogP contribution < -0.4 is 5.32 Å². The molecule has 0 radical (unpaired) electrons. The molecule has 0 unspecified atom stereocenters. The summed E-state index contributed by atoms with van der Waals surface area (Å²) in [5.41, 5.74) is 0. The molecule has 0 fully saturated rings. The van der Waals surface area contributed by atoms with E-state index in [0.717, 1.165) is 26.5 Å². The van der Waals surface area contributed by atoms with Crippen molar-refractivity contribution in [2.45, 2.75) is 116 Å². The molecular formula is C24H51NO6S. The van der Waals surface area contributed by atoms with Gasteiger partial charge in [-0.2, -0.15) is 0 Å². The molecule has 0 amide bonds. The van der Waals surface area contributed by atoms with E-state index in [1.807, 2.05) is 0 Å². The van der Waals surface area contributed by atoms with Crippen molar-refractivity contribution in [1.29, 1.82) is 0 Å². The van der Waals surface area contributed by atoms with E-state index < -0.39 is 10.4 Å². The van der Waals surface area contributed by atoms with Crippen LogP contribution in [-0.4, -0.2) is 56.1 Å². The maximum atomic E-state index is 9.22. The van der Waals surface area contributed by atoms with Crippen molar-refractivity contribution in [3.8, 4) is 0 Å². The van der Waals surface area contributed by atoms with Crippen LogP contribution in [0.1, 0.15) is 110 Å². The Morgan fingerprint density at radius 3 is 1.62 bits per heavy atom. The lowest BCUT2D eigenvalue weighted by molar-refractivity contribution is -0.691. The van der Waals surface area contributed by atoms with Crippen molar-refractivity contribution in [3.05, 3.63) is 12.2 Å². The normalized spacial score (nSPS) is 11.8. The molecule has 7 nitrogen and oxygen atoms in total. The minimum absolute atomic E-state index is 0.231. The SMILES string of the molecule is CCCCCCCC/C=C/CCCCCCCC[NH2+]C(CCO)CCO.COS(=O)(=O)[O-]. The van der Waals surface area contributed by atoms with Crippen LogP contribution in [0.25, 0.3) is 0 Å². The standard InChI is InChI=1S/C23H47NO2.CH4O4S/c1-2-3-4-5-6-7-8-9-10-11-12-13-14-15-16-17-20-24-23(18-21-25)19-22-26;1-5-6(2,3)4/h9-10,23-26H,2-8,11-22H2,1H3;1H3,(H,2,3,4)/b10-9+;. The molecule has 0 atom stereocenters. The van der Waals surface area contributed by atoms with Gasteiger partial charge in [0, 0.05) is 26.1 Å². The molecule has 0 bridgehead atoms. The van der Waals surface area contributed by atoms with Crippen LogP contribution in [0.4, 0.5) is 0 Å². The molecule has 32 heavy (non-hydrogen) atoms. The van der Waals surface area contributed by atoms with E-state index in [1.54, 1.807) is 0 Å². The Morgan fingerprint density at radius 2 is 1.22 bits per heavy atom. The zero-order valence-electron chi connectivity index (χ0n) is 20.7. The van der Waals surface area contributed by atoms with Gasteiger partial charge in [0.15, 0.2) is 0 Å². The van der Waals surface area contributed by atoms with Crippen molar-refractivity contribution in [3.63, 3.8) is 0 Å². The van der Waals surface area contributed by atoms with Gasteiger partial charge in [0.05, 0.1) is 19.7 Å². The largest absolute Gasteiger partial charge is 0.726 e. The molecule has 194 valence electrons. The van der Waals surface area contributed by atoms with Gasteiger partial charge in [-0.1, -0.05) is 70.4 Å². The fourth-order valence-corrected chi connectivity index (χ4v) is 3.46. The Morgan fingerprint density at radius 1 is 0.812 bits per heavy atom. The molecule has 0 saturated heterocycles. The predicted molar refractivity (Wildman–Crippen MR) is 130 cm³/mol. The molecule has 0 heterocycles. The molecule has 0 rings (SSSR count). The van der Waals surface area contributed by atoms with E-state index in [1.165, 1.54) is 89.9 Å². The Labute approximate surface area is 198 Å². The second kappa shape index (κ2) is 26.7. The third-order valence-corrected chi connectivity index (χ3v) is 5.83. The summed E-state index contributed by atoms with van der Waals surface area (Å²) in [4.78, 5) is 0. The number of unbranched alkanes of at least 4 members (excludes halogenated alkanes) is 12. The molecule has 0 aliphatic carbocycles. The fourth-order valence-electron chi connectivity index (χ4n) is 3.46. The molecule has 0 aliphatic heterocycles. The van der Waals surface area contributed by atoms with Crippen LogP contribution in [0.3, 0.4) is 0 Å². The number of aliphatic hydroxyl groups excluding tert-OH is 2. The Bertz CT molecular complexity index is 479. The smallest absolute Gasteiger partial charge is 0.217 e. The third kappa shape index (κ3) is 31.7. The number of rotatable bonds is 22. The molecule has 0 saturated carbocycles. The van der Waals surface area contributed by atoms with Gasteiger partial charge in [0.25, 0.3) is 0 Å². The second-order valence-electron chi connectivity index (χ2n) is 8.32. The van der Waals surface area contributed by atoms with Crippen LogP contribution in [-0.2, 0) is 14.6 Å². The predicted octanol–water partition coefficient (Wildman–Crippen LogP) is 3.81. The quantitative estimate of drug-likeness (QED) is 0.0935. The zero-order valence-corrected chi connectivity index (χ0v) is 21.5. The summed E-state index contributed by atoms with van der Waals surface area (Å²) < 4.78 is 31.0. The van der Waals surface area contributed by atoms with Gasteiger partial charge in [-0.05, 0) is 38.5 Å². The highest BCUT2D eigenvalue weighted by Gasteiger charge is 2.09. The first-order valence-corrected chi connectivity index (χ1v) is 14.0. The summed E-state index contributed by atoms with van der Waals surface area (Å²) in [5, 5.41) is 20.3. The summed E-state index contributed by atoms with van der Waals surface area (Å²) in [7, 11) is -3.60. The fraction of sp³-hybridized carbons (Fsp3) is 0.917. The molecule has 4 N–H and O–H groups in total. The monoisotopic (exact) mass is 481 g/mol. The lowest BCUT2D eigenvalue weighted by Crippen LogP contribution is -2.90. The first kappa shape index (κ1) is 33.7. The van der Waals surface area contributed by atoms with Crippen molar-refractivity contribution < 1.29 is 32.7 Å². The van der Waals surface area contributed by atoms with E-state index in [2.05, 4.69) is 28.6 Å². The molecule has 0 aliphatic rings. The number of hydrogen-bond donors (Lipinski definition) is 3. The summed E-state index contributed by atoms with van der Waals surface area (Å²) in [5.74, 6) is 0. The van der Waals surface area contributed by atoms with E-state index in [4.69, 9.17) is 10.2 Å². The molecule has 0 aromatic carbocycles. The van der Waals surface area contributed by atoms with E-state index in [9.17, 15) is 13.0 Å². The number of hydrogen-bond acceptors (Lipinski definition) is 6. The van der Waals surface area contributed by atoms with Gasteiger partial charge in [0.2, 0.25) is 10.4 Å². The number of quaternary nitrogens is 1. The Kier molecular flexibility index (Phi) is 28.1. The third-order valence-electron chi connectivity index (χ3n) is 5.42. The van der Waals surface area contributed by atoms with Crippen molar-refractivity contribution in [1.82, 2.24) is 0 Å². The zero-order chi connectivity index (χ0) is 24.3. The minimum Gasteiger partial charge on any atom is -0.726 e. The highest BCUT2D eigenvalue weighted by molar-refractivity contribution is 7.80. The van der Waals surface area contributed by atoms with Crippen molar-refractivity contribution in [2.24, 2.45) is 0 Å². The topological polar surface area (TPSA) is 124 Å². The molecule has 0 aromatic rings. The molecule has 0 aromatic heterocycles. The van der Waals surface area contributed by atoms with E-state index >= 15 is 0 Å². The van der Waals surface area contributed by atoms with Gasteiger partial charge < -0.3 is 20.1 Å². The van der Waals surface area contributed by atoms with E-state index in [-0.39, 0.29) is 13.2 Å². The lowest BCUT2D eigenvalue weighted by Gasteiger charge is -2.13. The van der Waals surface area contributed by atoms with E-state index in [0.29, 0.717) is 6.04 Å². The van der Waals surface area contributed by atoms with Crippen LogP contribution in [0.2, 0.25) is 0 Å².